The Labute approximate surface area is 135 Å². The van der Waals surface area contributed by atoms with Crippen LogP contribution in [0.25, 0.3) is 0 Å². The van der Waals surface area contributed by atoms with Crippen molar-refractivity contribution >= 4 is 34.8 Å². The molecule has 4 heteroatoms. The smallest absolute Gasteiger partial charge is 0.231 e. The first-order valence-corrected chi connectivity index (χ1v) is 7.68. The lowest BCUT2D eigenvalue weighted by atomic mass is 9.93. The van der Waals surface area contributed by atoms with Crippen molar-refractivity contribution in [2.75, 3.05) is 5.32 Å². The normalized spacial score (nSPS) is 12.0. The molecule has 2 aromatic rings. The first kappa shape index (κ1) is 15.9. The number of benzene rings is 2. The van der Waals surface area contributed by atoms with E-state index in [1.807, 2.05) is 30.3 Å². The van der Waals surface area contributed by atoms with Gasteiger partial charge in [0, 0.05) is 5.02 Å². The molecule has 21 heavy (non-hydrogen) atoms. The molecule has 0 saturated carbocycles. The highest BCUT2D eigenvalue weighted by Crippen LogP contribution is 2.28. The standard InChI is InChI=1S/C17H17Cl2NO/c1-2-6-14(12-7-4-3-5-8-12)17(21)20-16-11-13(18)9-10-15(16)19/h3-5,7-11,14H,2,6H2,1H3,(H,20,21). The van der Waals surface area contributed by atoms with Gasteiger partial charge in [-0.3, -0.25) is 4.79 Å². The van der Waals surface area contributed by atoms with Crippen molar-refractivity contribution < 1.29 is 4.79 Å². The fraction of sp³-hybridized carbons (Fsp3) is 0.235. The Morgan fingerprint density at radius 2 is 1.86 bits per heavy atom. The van der Waals surface area contributed by atoms with E-state index in [2.05, 4.69) is 12.2 Å². The number of halogens is 2. The number of carbonyl (C=O) groups excluding carboxylic acids is 1. The van der Waals surface area contributed by atoms with Crippen LogP contribution < -0.4 is 5.32 Å². The molecule has 2 aromatic carbocycles. The third kappa shape index (κ3) is 4.23. The molecule has 0 aliphatic heterocycles. The van der Waals surface area contributed by atoms with E-state index in [1.54, 1.807) is 18.2 Å². The van der Waals surface area contributed by atoms with Gasteiger partial charge >= 0.3 is 0 Å². The van der Waals surface area contributed by atoms with Gasteiger partial charge in [-0.25, -0.2) is 0 Å². The molecule has 1 amide bonds. The maximum Gasteiger partial charge on any atom is 0.231 e. The highest BCUT2D eigenvalue weighted by Gasteiger charge is 2.20. The predicted octanol–water partition coefficient (Wildman–Crippen LogP) is 5.52. The van der Waals surface area contributed by atoms with Crippen molar-refractivity contribution in [2.24, 2.45) is 0 Å². The largest absolute Gasteiger partial charge is 0.324 e. The summed E-state index contributed by atoms with van der Waals surface area (Å²) in [6, 6.07) is 14.8. The Morgan fingerprint density at radius 3 is 2.52 bits per heavy atom. The molecule has 1 atom stereocenters. The van der Waals surface area contributed by atoms with Crippen molar-refractivity contribution in [1.29, 1.82) is 0 Å². The monoisotopic (exact) mass is 321 g/mol. The van der Waals surface area contributed by atoms with Crippen LogP contribution in [-0.2, 0) is 4.79 Å². The molecule has 0 aliphatic rings. The zero-order valence-electron chi connectivity index (χ0n) is 11.8. The maximum absolute atomic E-state index is 12.6. The van der Waals surface area contributed by atoms with Crippen molar-refractivity contribution in [3.63, 3.8) is 0 Å². The van der Waals surface area contributed by atoms with Crippen LogP contribution in [0.5, 0.6) is 0 Å². The summed E-state index contributed by atoms with van der Waals surface area (Å²) in [5.41, 5.74) is 1.56. The van der Waals surface area contributed by atoms with E-state index in [-0.39, 0.29) is 11.8 Å². The number of rotatable bonds is 5. The van der Waals surface area contributed by atoms with Crippen LogP contribution in [0.1, 0.15) is 31.2 Å². The molecule has 0 heterocycles. The molecule has 1 unspecified atom stereocenters. The Morgan fingerprint density at radius 1 is 1.14 bits per heavy atom. The third-order valence-corrected chi connectivity index (χ3v) is 3.85. The maximum atomic E-state index is 12.6. The van der Waals surface area contributed by atoms with Crippen molar-refractivity contribution in [2.45, 2.75) is 25.7 Å². The summed E-state index contributed by atoms with van der Waals surface area (Å²) in [5.74, 6) is -0.251. The lowest BCUT2D eigenvalue weighted by Crippen LogP contribution is -2.21. The average molecular weight is 322 g/mol. The van der Waals surface area contributed by atoms with Gasteiger partial charge < -0.3 is 5.32 Å². The SMILES string of the molecule is CCCC(C(=O)Nc1cc(Cl)ccc1Cl)c1ccccc1. The summed E-state index contributed by atoms with van der Waals surface area (Å²) >= 11 is 12.0. The highest BCUT2D eigenvalue weighted by atomic mass is 35.5. The first-order valence-electron chi connectivity index (χ1n) is 6.92. The molecule has 2 nitrogen and oxygen atoms in total. The van der Waals surface area contributed by atoms with Gasteiger partial charge in [-0.2, -0.15) is 0 Å². The predicted molar refractivity (Wildman–Crippen MR) is 89.2 cm³/mol. The van der Waals surface area contributed by atoms with Crippen LogP contribution >= 0.6 is 23.2 Å². The minimum absolute atomic E-state index is 0.0628. The van der Waals surface area contributed by atoms with Crippen LogP contribution in [0.2, 0.25) is 10.0 Å². The summed E-state index contributed by atoms with van der Waals surface area (Å²) in [5, 5.41) is 3.90. The summed E-state index contributed by atoms with van der Waals surface area (Å²) in [7, 11) is 0. The van der Waals surface area contributed by atoms with E-state index in [0.717, 1.165) is 18.4 Å². The molecule has 0 saturated heterocycles. The lowest BCUT2D eigenvalue weighted by Gasteiger charge is -2.17. The number of hydrogen-bond donors (Lipinski definition) is 1. The van der Waals surface area contributed by atoms with Gasteiger partial charge in [0.15, 0.2) is 0 Å². The molecule has 1 N–H and O–H groups in total. The van der Waals surface area contributed by atoms with Crippen molar-refractivity contribution in [3.8, 4) is 0 Å². The number of nitrogens with one attached hydrogen (secondary N) is 1. The van der Waals surface area contributed by atoms with Gasteiger partial charge in [0.1, 0.15) is 0 Å². The van der Waals surface area contributed by atoms with Gasteiger partial charge in [0.25, 0.3) is 0 Å². The van der Waals surface area contributed by atoms with E-state index in [9.17, 15) is 4.79 Å². The lowest BCUT2D eigenvalue weighted by molar-refractivity contribution is -0.117. The third-order valence-electron chi connectivity index (χ3n) is 3.28. The van der Waals surface area contributed by atoms with Crippen LogP contribution in [0.3, 0.4) is 0 Å². The molecular weight excluding hydrogens is 305 g/mol. The van der Waals surface area contributed by atoms with Gasteiger partial charge in [-0.05, 0) is 30.2 Å². The minimum Gasteiger partial charge on any atom is -0.324 e. The summed E-state index contributed by atoms with van der Waals surface area (Å²) in [4.78, 5) is 12.6. The topological polar surface area (TPSA) is 29.1 Å². The molecule has 2 rings (SSSR count). The van der Waals surface area contributed by atoms with Gasteiger partial charge in [-0.15, -0.1) is 0 Å². The zero-order valence-corrected chi connectivity index (χ0v) is 13.3. The Kier molecular flexibility index (Phi) is 5.66. The van der Waals surface area contributed by atoms with E-state index in [0.29, 0.717) is 15.7 Å². The van der Waals surface area contributed by atoms with Crippen LogP contribution in [0, 0.1) is 0 Å². The van der Waals surface area contributed by atoms with Crippen LogP contribution in [0.15, 0.2) is 48.5 Å². The fourth-order valence-electron chi connectivity index (χ4n) is 2.24. The summed E-state index contributed by atoms with van der Waals surface area (Å²) in [6.45, 7) is 2.07. The minimum atomic E-state index is -0.189. The number of hydrogen-bond acceptors (Lipinski definition) is 1. The molecule has 0 radical (unpaired) electrons. The Bertz CT molecular complexity index is 613. The summed E-state index contributed by atoms with van der Waals surface area (Å²) < 4.78 is 0. The summed E-state index contributed by atoms with van der Waals surface area (Å²) in [6.07, 6.45) is 1.71. The number of carbonyl (C=O) groups is 1. The van der Waals surface area contributed by atoms with Gasteiger partial charge in [0.05, 0.1) is 16.6 Å². The first-order chi connectivity index (χ1) is 10.1. The van der Waals surface area contributed by atoms with E-state index < -0.39 is 0 Å². The van der Waals surface area contributed by atoms with Crippen LogP contribution in [-0.4, -0.2) is 5.91 Å². The van der Waals surface area contributed by atoms with Crippen molar-refractivity contribution in [3.05, 3.63) is 64.1 Å². The molecule has 0 spiro atoms. The fourth-order valence-corrected chi connectivity index (χ4v) is 2.57. The molecule has 0 bridgehead atoms. The highest BCUT2D eigenvalue weighted by molar-refractivity contribution is 6.35. The second-order valence-electron chi connectivity index (χ2n) is 4.87. The van der Waals surface area contributed by atoms with Gasteiger partial charge in [-0.1, -0.05) is 66.9 Å². The van der Waals surface area contributed by atoms with Gasteiger partial charge in [0.2, 0.25) is 5.91 Å². The molecular formula is C17H17Cl2NO. The second kappa shape index (κ2) is 7.48. The Hall–Kier alpha value is -1.51. The van der Waals surface area contributed by atoms with E-state index in [4.69, 9.17) is 23.2 Å². The number of anilines is 1. The molecule has 0 aliphatic carbocycles. The Balaban J connectivity index is 2.21. The molecule has 0 fully saturated rings. The van der Waals surface area contributed by atoms with Crippen LogP contribution in [0.4, 0.5) is 5.69 Å². The van der Waals surface area contributed by atoms with Crippen molar-refractivity contribution in [1.82, 2.24) is 0 Å². The van der Waals surface area contributed by atoms with E-state index in [1.165, 1.54) is 0 Å². The zero-order chi connectivity index (χ0) is 15.2. The molecule has 110 valence electrons. The average Bonchev–Trinajstić information content (AvgIpc) is 2.49. The number of amides is 1. The van der Waals surface area contributed by atoms with E-state index >= 15 is 0 Å². The second-order valence-corrected chi connectivity index (χ2v) is 5.71. The molecule has 0 aromatic heterocycles. The quantitative estimate of drug-likeness (QED) is 0.772.